The third-order valence-corrected chi connectivity index (χ3v) is 2.92. The predicted molar refractivity (Wildman–Crippen MR) is 73.1 cm³/mol. The molecule has 2 rings (SSSR count). The Hall–Kier alpha value is -1.74. The van der Waals surface area contributed by atoms with E-state index in [2.05, 4.69) is 53.4 Å². The van der Waals surface area contributed by atoms with Crippen LogP contribution in [0.25, 0.3) is 0 Å². The summed E-state index contributed by atoms with van der Waals surface area (Å²) in [6.45, 7) is 6.09. The summed E-state index contributed by atoms with van der Waals surface area (Å²) < 4.78 is 0. The lowest BCUT2D eigenvalue weighted by Crippen LogP contribution is -2.12. The minimum Gasteiger partial charge on any atom is -0.309 e. The SMILES string of the molecule is CC(C)c1ccc(CNCc2cncnc2)cc1. The average molecular weight is 241 g/mol. The number of nitrogens with zero attached hydrogens (tertiary/aromatic N) is 2. The van der Waals surface area contributed by atoms with Crippen LogP contribution < -0.4 is 5.32 Å². The molecule has 18 heavy (non-hydrogen) atoms. The third kappa shape index (κ3) is 3.64. The van der Waals surface area contributed by atoms with E-state index < -0.39 is 0 Å². The molecular weight excluding hydrogens is 222 g/mol. The van der Waals surface area contributed by atoms with Crippen LogP contribution in [0.3, 0.4) is 0 Å². The Morgan fingerprint density at radius 2 is 1.56 bits per heavy atom. The summed E-state index contributed by atoms with van der Waals surface area (Å²) in [6.07, 6.45) is 5.22. The van der Waals surface area contributed by atoms with E-state index in [0.717, 1.165) is 18.7 Å². The van der Waals surface area contributed by atoms with Gasteiger partial charge < -0.3 is 5.32 Å². The van der Waals surface area contributed by atoms with Crippen molar-refractivity contribution in [2.45, 2.75) is 32.9 Å². The van der Waals surface area contributed by atoms with Gasteiger partial charge in [-0.1, -0.05) is 38.1 Å². The maximum atomic E-state index is 3.99. The molecule has 0 amide bonds. The van der Waals surface area contributed by atoms with E-state index in [4.69, 9.17) is 0 Å². The summed E-state index contributed by atoms with van der Waals surface area (Å²) in [5.74, 6) is 0.591. The van der Waals surface area contributed by atoms with Gasteiger partial charge in [0.25, 0.3) is 0 Å². The molecule has 0 aliphatic rings. The van der Waals surface area contributed by atoms with Crippen molar-refractivity contribution in [3.8, 4) is 0 Å². The molecule has 94 valence electrons. The number of rotatable bonds is 5. The molecule has 3 nitrogen and oxygen atoms in total. The summed E-state index contributed by atoms with van der Waals surface area (Å²) in [5.41, 5.74) is 3.79. The lowest BCUT2D eigenvalue weighted by atomic mass is 10.0. The number of hydrogen-bond donors (Lipinski definition) is 1. The molecule has 0 aliphatic carbocycles. The molecule has 0 saturated carbocycles. The largest absolute Gasteiger partial charge is 0.309 e. The van der Waals surface area contributed by atoms with Gasteiger partial charge in [-0.3, -0.25) is 0 Å². The van der Waals surface area contributed by atoms with E-state index in [1.807, 2.05) is 12.4 Å². The Labute approximate surface area is 108 Å². The zero-order chi connectivity index (χ0) is 12.8. The van der Waals surface area contributed by atoms with E-state index in [-0.39, 0.29) is 0 Å². The van der Waals surface area contributed by atoms with Crippen molar-refractivity contribution in [1.82, 2.24) is 15.3 Å². The maximum Gasteiger partial charge on any atom is 0.115 e. The van der Waals surface area contributed by atoms with Crippen molar-refractivity contribution in [3.63, 3.8) is 0 Å². The molecule has 0 spiro atoms. The van der Waals surface area contributed by atoms with Gasteiger partial charge in [-0.25, -0.2) is 9.97 Å². The van der Waals surface area contributed by atoms with Crippen LogP contribution in [0.1, 0.15) is 36.5 Å². The van der Waals surface area contributed by atoms with Gasteiger partial charge in [-0.05, 0) is 17.0 Å². The lowest BCUT2D eigenvalue weighted by molar-refractivity contribution is 0.688. The second kappa shape index (κ2) is 6.26. The van der Waals surface area contributed by atoms with Gasteiger partial charge in [0.05, 0.1) is 0 Å². The first-order valence-electron chi connectivity index (χ1n) is 6.29. The molecular formula is C15H19N3. The molecule has 1 aromatic carbocycles. The van der Waals surface area contributed by atoms with Crippen LogP contribution in [-0.4, -0.2) is 9.97 Å². The molecule has 2 aromatic rings. The van der Waals surface area contributed by atoms with E-state index >= 15 is 0 Å². The fourth-order valence-corrected chi connectivity index (χ4v) is 1.79. The highest BCUT2D eigenvalue weighted by Gasteiger charge is 1.99. The van der Waals surface area contributed by atoms with Gasteiger partial charge in [-0.15, -0.1) is 0 Å². The van der Waals surface area contributed by atoms with Crippen LogP contribution in [0.5, 0.6) is 0 Å². The zero-order valence-corrected chi connectivity index (χ0v) is 10.9. The summed E-state index contributed by atoms with van der Waals surface area (Å²) in [4.78, 5) is 7.98. The highest BCUT2D eigenvalue weighted by molar-refractivity contribution is 5.24. The van der Waals surface area contributed by atoms with E-state index in [9.17, 15) is 0 Å². The van der Waals surface area contributed by atoms with Crippen LogP contribution in [-0.2, 0) is 13.1 Å². The van der Waals surface area contributed by atoms with Crippen LogP contribution in [0, 0.1) is 0 Å². The van der Waals surface area contributed by atoms with Crippen molar-refractivity contribution in [2.75, 3.05) is 0 Å². The monoisotopic (exact) mass is 241 g/mol. The highest BCUT2D eigenvalue weighted by atomic mass is 14.9. The number of nitrogens with one attached hydrogen (secondary N) is 1. The zero-order valence-electron chi connectivity index (χ0n) is 10.9. The highest BCUT2D eigenvalue weighted by Crippen LogP contribution is 2.14. The van der Waals surface area contributed by atoms with Crippen LogP contribution >= 0.6 is 0 Å². The van der Waals surface area contributed by atoms with Crippen molar-refractivity contribution in [1.29, 1.82) is 0 Å². The topological polar surface area (TPSA) is 37.8 Å². The van der Waals surface area contributed by atoms with E-state index in [1.165, 1.54) is 11.1 Å². The standard InChI is InChI=1S/C15H19N3/c1-12(2)15-5-3-13(4-6-15)7-16-8-14-9-17-11-18-10-14/h3-6,9-12,16H,7-8H2,1-2H3. The Bertz CT molecular complexity index is 463. The fraction of sp³-hybridized carbons (Fsp3) is 0.333. The van der Waals surface area contributed by atoms with Gasteiger partial charge >= 0.3 is 0 Å². The molecule has 3 heteroatoms. The summed E-state index contributed by atoms with van der Waals surface area (Å²) in [5, 5.41) is 3.39. The van der Waals surface area contributed by atoms with Gasteiger partial charge in [0.15, 0.2) is 0 Å². The minimum absolute atomic E-state index is 0.591. The second-order valence-corrected chi connectivity index (χ2v) is 4.75. The second-order valence-electron chi connectivity index (χ2n) is 4.75. The fourth-order valence-electron chi connectivity index (χ4n) is 1.79. The molecule has 1 heterocycles. The number of aromatic nitrogens is 2. The Morgan fingerprint density at radius 1 is 0.944 bits per heavy atom. The van der Waals surface area contributed by atoms with Crippen molar-refractivity contribution in [3.05, 3.63) is 59.7 Å². The molecule has 0 aliphatic heterocycles. The molecule has 1 aromatic heterocycles. The minimum atomic E-state index is 0.591. The molecule has 0 radical (unpaired) electrons. The third-order valence-electron chi connectivity index (χ3n) is 2.92. The van der Waals surface area contributed by atoms with E-state index in [0.29, 0.717) is 5.92 Å². The maximum absolute atomic E-state index is 3.99. The van der Waals surface area contributed by atoms with Gasteiger partial charge in [-0.2, -0.15) is 0 Å². The van der Waals surface area contributed by atoms with E-state index in [1.54, 1.807) is 6.33 Å². The summed E-state index contributed by atoms with van der Waals surface area (Å²) >= 11 is 0. The molecule has 0 saturated heterocycles. The molecule has 0 fully saturated rings. The number of benzene rings is 1. The summed E-state index contributed by atoms with van der Waals surface area (Å²) in [6, 6.07) is 8.77. The van der Waals surface area contributed by atoms with Crippen molar-refractivity contribution < 1.29 is 0 Å². The smallest absolute Gasteiger partial charge is 0.115 e. The first kappa shape index (κ1) is 12.7. The van der Waals surface area contributed by atoms with Crippen molar-refractivity contribution in [2.24, 2.45) is 0 Å². The van der Waals surface area contributed by atoms with Gasteiger partial charge in [0.2, 0.25) is 0 Å². The molecule has 0 atom stereocenters. The van der Waals surface area contributed by atoms with Crippen LogP contribution in [0.15, 0.2) is 43.0 Å². The quantitative estimate of drug-likeness (QED) is 0.874. The predicted octanol–water partition coefficient (Wildman–Crippen LogP) is 2.89. The summed E-state index contributed by atoms with van der Waals surface area (Å²) in [7, 11) is 0. The molecule has 0 bridgehead atoms. The molecule has 0 unspecified atom stereocenters. The Kier molecular flexibility index (Phi) is 4.42. The first-order valence-corrected chi connectivity index (χ1v) is 6.29. The average Bonchev–Trinajstić information content (AvgIpc) is 2.40. The van der Waals surface area contributed by atoms with Crippen LogP contribution in [0.2, 0.25) is 0 Å². The normalized spacial score (nSPS) is 10.8. The Balaban J connectivity index is 1.83. The van der Waals surface area contributed by atoms with Crippen molar-refractivity contribution >= 4 is 0 Å². The lowest BCUT2D eigenvalue weighted by Gasteiger charge is -2.08. The number of hydrogen-bond acceptors (Lipinski definition) is 3. The van der Waals surface area contributed by atoms with Crippen LogP contribution in [0.4, 0.5) is 0 Å². The Morgan fingerprint density at radius 3 is 2.17 bits per heavy atom. The van der Waals surface area contributed by atoms with Gasteiger partial charge in [0, 0.05) is 31.0 Å². The molecule has 1 N–H and O–H groups in total. The van der Waals surface area contributed by atoms with Gasteiger partial charge in [0.1, 0.15) is 6.33 Å². The first-order chi connectivity index (χ1) is 8.75.